The summed E-state index contributed by atoms with van der Waals surface area (Å²) in [4.78, 5) is 31.6. The Morgan fingerprint density at radius 3 is 2.54 bits per heavy atom. The molecule has 8 nitrogen and oxygen atoms in total. The topological polar surface area (TPSA) is 98.6 Å². The Morgan fingerprint density at radius 1 is 1.11 bits per heavy atom. The van der Waals surface area contributed by atoms with Gasteiger partial charge >= 0.3 is 5.97 Å². The highest BCUT2D eigenvalue weighted by molar-refractivity contribution is 7.07. The molecule has 1 unspecified atom stereocenters. The zero-order valence-electron chi connectivity index (χ0n) is 19.3. The Labute approximate surface area is 204 Å². The predicted octanol–water partition coefficient (Wildman–Crippen LogP) is 2.81. The molecule has 5 rings (SSSR count). The molecule has 9 heteroatoms. The Morgan fingerprint density at radius 2 is 1.86 bits per heavy atom. The van der Waals surface area contributed by atoms with Crippen molar-refractivity contribution in [3.63, 3.8) is 0 Å². The summed E-state index contributed by atoms with van der Waals surface area (Å²) in [6.45, 7) is 1.75. The zero-order valence-corrected chi connectivity index (χ0v) is 20.1. The maximum absolute atomic E-state index is 13.7. The molecule has 35 heavy (non-hydrogen) atoms. The van der Waals surface area contributed by atoms with Crippen LogP contribution in [0.25, 0.3) is 17.3 Å². The van der Waals surface area contributed by atoms with E-state index >= 15 is 0 Å². The SMILES string of the molecule is COC(=O)C1=C(C)N=c2s/c(=C\c3cn[nH]c3-c3ccccc3)c(=O)n2C1c1ccc(OC)cc1. The minimum absolute atomic E-state index is 0.247. The summed E-state index contributed by atoms with van der Waals surface area (Å²) in [5.41, 5.74) is 3.90. The van der Waals surface area contributed by atoms with Crippen LogP contribution in [0.15, 0.2) is 81.9 Å². The van der Waals surface area contributed by atoms with E-state index in [2.05, 4.69) is 15.2 Å². The fraction of sp³-hybridized carbons (Fsp3) is 0.154. The number of nitrogens with one attached hydrogen (secondary N) is 1. The molecule has 176 valence electrons. The summed E-state index contributed by atoms with van der Waals surface area (Å²) in [6, 6.07) is 16.4. The first-order valence-corrected chi connectivity index (χ1v) is 11.7. The fourth-order valence-corrected chi connectivity index (χ4v) is 5.21. The van der Waals surface area contributed by atoms with Crippen molar-refractivity contribution < 1.29 is 14.3 Å². The van der Waals surface area contributed by atoms with Crippen molar-refractivity contribution in [1.82, 2.24) is 14.8 Å². The minimum Gasteiger partial charge on any atom is -0.497 e. The predicted molar refractivity (Wildman–Crippen MR) is 133 cm³/mol. The van der Waals surface area contributed by atoms with Crippen LogP contribution >= 0.6 is 11.3 Å². The van der Waals surface area contributed by atoms with Crippen LogP contribution in [0, 0.1) is 0 Å². The quantitative estimate of drug-likeness (QED) is 0.438. The molecule has 0 aliphatic carbocycles. The van der Waals surface area contributed by atoms with E-state index in [1.807, 2.05) is 42.5 Å². The van der Waals surface area contributed by atoms with Crippen molar-refractivity contribution >= 4 is 23.4 Å². The van der Waals surface area contributed by atoms with Gasteiger partial charge in [-0.25, -0.2) is 9.79 Å². The third kappa shape index (κ3) is 4.00. The summed E-state index contributed by atoms with van der Waals surface area (Å²) < 4.78 is 12.4. The second-order valence-electron chi connectivity index (χ2n) is 7.91. The first-order valence-electron chi connectivity index (χ1n) is 10.9. The standard InChI is InChI=1S/C26H22N4O4S/c1-15-21(25(32)34-3)23(17-9-11-19(33-2)12-10-17)30-24(31)20(35-26(30)28-15)13-18-14-27-29-22(18)16-7-5-4-6-8-16/h4-14,23H,1-3H3,(H,27,29)/b20-13-. The number of hydrogen-bond acceptors (Lipinski definition) is 7. The highest BCUT2D eigenvalue weighted by atomic mass is 32.1. The first-order chi connectivity index (χ1) is 17.0. The second-order valence-corrected chi connectivity index (χ2v) is 8.92. The molecule has 0 saturated carbocycles. The van der Waals surface area contributed by atoms with Crippen LogP contribution in [0.3, 0.4) is 0 Å². The van der Waals surface area contributed by atoms with E-state index in [0.29, 0.717) is 26.4 Å². The van der Waals surface area contributed by atoms with Gasteiger partial charge in [0, 0.05) is 11.1 Å². The van der Waals surface area contributed by atoms with Gasteiger partial charge in [-0.1, -0.05) is 53.8 Å². The second kappa shape index (κ2) is 9.19. The Bertz CT molecular complexity index is 1610. The Kier molecular flexibility index (Phi) is 5.92. The number of thiazole rings is 1. The Balaban J connectivity index is 1.70. The third-order valence-electron chi connectivity index (χ3n) is 5.88. The van der Waals surface area contributed by atoms with Gasteiger partial charge in [-0.15, -0.1) is 0 Å². The number of allylic oxidation sites excluding steroid dienone is 1. The molecule has 1 atom stereocenters. The average molecular weight is 487 g/mol. The minimum atomic E-state index is -0.676. The first kappa shape index (κ1) is 22.5. The van der Waals surface area contributed by atoms with Crippen LogP contribution in [0.2, 0.25) is 0 Å². The van der Waals surface area contributed by atoms with E-state index in [0.717, 1.165) is 22.4 Å². The van der Waals surface area contributed by atoms with Gasteiger partial charge in [0.2, 0.25) is 0 Å². The van der Waals surface area contributed by atoms with Gasteiger partial charge in [0.15, 0.2) is 4.80 Å². The largest absolute Gasteiger partial charge is 0.497 e. The van der Waals surface area contributed by atoms with E-state index in [1.54, 1.807) is 43.0 Å². The van der Waals surface area contributed by atoms with Crippen LogP contribution in [-0.2, 0) is 9.53 Å². The summed E-state index contributed by atoms with van der Waals surface area (Å²) in [5, 5.41) is 7.19. The molecule has 0 radical (unpaired) electrons. The maximum Gasteiger partial charge on any atom is 0.338 e. The van der Waals surface area contributed by atoms with Crippen LogP contribution in [0.5, 0.6) is 5.75 Å². The van der Waals surface area contributed by atoms with Crippen LogP contribution < -0.4 is 19.6 Å². The lowest BCUT2D eigenvalue weighted by atomic mass is 9.96. The van der Waals surface area contributed by atoms with Gasteiger partial charge < -0.3 is 9.47 Å². The van der Waals surface area contributed by atoms with Crippen molar-refractivity contribution in [2.45, 2.75) is 13.0 Å². The van der Waals surface area contributed by atoms with Crippen molar-refractivity contribution in [2.75, 3.05) is 14.2 Å². The summed E-state index contributed by atoms with van der Waals surface area (Å²) >= 11 is 1.27. The Hall–Kier alpha value is -4.24. The van der Waals surface area contributed by atoms with Gasteiger partial charge in [0.1, 0.15) is 5.75 Å². The van der Waals surface area contributed by atoms with E-state index in [1.165, 1.54) is 18.4 Å². The van der Waals surface area contributed by atoms with Gasteiger partial charge in [0.25, 0.3) is 5.56 Å². The number of aromatic amines is 1. The van der Waals surface area contributed by atoms with Crippen LogP contribution in [-0.4, -0.2) is 35.0 Å². The monoisotopic (exact) mass is 486 g/mol. The number of aromatic nitrogens is 3. The molecule has 0 fully saturated rings. The molecular weight excluding hydrogens is 464 g/mol. The highest BCUT2D eigenvalue weighted by Gasteiger charge is 2.33. The number of fused-ring (bicyclic) bond motifs is 1. The van der Waals surface area contributed by atoms with Gasteiger partial charge in [0.05, 0.1) is 48.0 Å². The van der Waals surface area contributed by atoms with E-state index in [4.69, 9.17) is 9.47 Å². The zero-order chi connectivity index (χ0) is 24.5. The lowest BCUT2D eigenvalue weighted by Gasteiger charge is -2.24. The number of nitrogens with zero attached hydrogens (tertiary/aromatic N) is 3. The number of carbonyl (C=O) groups is 1. The number of rotatable bonds is 5. The van der Waals surface area contributed by atoms with E-state index in [9.17, 15) is 9.59 Å². The number of hydrogen-bond donors (Lipinski definition) is 1. The summed E-state index contributed by atoms with van der Waals surface area (Å²) in [6.07, 6.45) is 3.49. The molecule has 2 aromatic carbocycles. The molecule has 0 spiro atoms. The molecule has 0 bridgehead atoms. The number of H-pyrrole nitrogens is 1. The van der Waals surface area contributed by atoms with Crippen molar-refractivity contribution in [3.8, 4) is 17.0 Å². The molecule has 1 N–H and O–H groups in total. The number of ether oxygens (including phenoxy) is 2. The van der Waals surface area contributed by atoms with Gasteiger partial charge in [-0.3, -0.25) is 14.5 Å². The number of benzene rings is 2. The molecular formula is C26H22N4O4S. The average Bonchev–Trinajstić information content (AvgIpc) is 3.47. The van der Waals surface area contributed by atoms with Crippen molar-refractivity contribution in [3.05, 3.63) is 103 Å². The molecule has 2 aromatic heterocycles. The van der Waals surface area contributed by atoms with E-state index in [-0.39, 0.29) is 5.56 Å². The normalized spacial score (nSPS) is 15.5. The molecule has 0 amide bonds. The molecule has 1 aliphatic heterocycles. The highest BCUT2D eigenvalue weighted by Crippen LogP contribution is 2.31. The van der Waals surface area contributed by atoms with Crippen LogP contribution in [0.4, 0.5) is 0 Å². The van der Waals surface area contributed by atoms with Gasteiger partial charge in [-0.05, 0) is 30.7 Å². The van der Waals surface area contributed by atoms with Crippen molar-refractivity contribution in [2.24, 2.45) is 4.99 Å². The molecule has 0 saturated heterocycles. The lowest BCUT2D eigenvalue weighted by molar-refractivity contribution is -0.136. The maximum atomic E-state index is 13.7. The van der Waals surface area contributed by atoms with Crippen LogP contribution in [0.1, 0.15) is 24.1 Å². The molecule has 4 aromatic rings. The number of carbonyl (C=O) groups excluding carboxylic acids is 1. The summed E-state index contributed by atoms with van der Waals surface area (Å²) in [7, 11) is 2.91. The van der Waals surface area contributed by atoms with E-state index < -0.39 is 12.0 Å². The molecule has 3 heterocycles. The fourth-order valence-electron chi connectivity index (χ4n) is 4.18. The van der Waals surface area contributed by atoms with Crippen molar-refractivity contribution in [1.29, 1.82) is 0 Å². The third-order valence-corrected chi connectivity index (χ3v) is 6.86. The lowest BCUT2D eigenvalue weighted by Crippen LogP contribution is -2.39. The number of esters is 1. The number of methoxy groups -OCH3 is 2. The summed E-state index contributed by atoms with van der Waals surface area (Å²) in [5.74, 6) is 0.150. The smallest absolute Gasteiger partial charge is 0.338 e. The molecule has 1 aliphatic rings. The van der Waals surface area contributed by atoms with Gasteiger partial charge in [-0.2, -0.15) is 5.10 Å².